The minimum atomic E-state index is -4.39. The first-order valence-electron chi connectivity index (χ1n) is 36.3. The number of hydrogen-bond donors (Lipinski definition) is 10. The molecule has 12 aromatic rings. The van der Waals surface area contributed by atoms with Crippen LogP contribution in [0.4, 0.5) is 30.2 Å². The molecule has 3 aliphatic heterocycles. The van der Waals surface area contributed by atoms with E-state index in [1.807, 2.05) is 0 Å². The molecule has 588 valence electrons. The summed E-state index contributed by atoms with van der Waals surface area (Å²) >= 11 is 0. The highest BCUT2D eigenvalue weighted by atomic mass is 32.2. The fraction of sp³-hybridized carbons (Fsp3) is 0.172. The number of phenolic OH excluding ortho intramolecular Hbond substituents is 5. The van der Waals surface area contributed by atoms with Crippen LogP contribution < -0.4 is 18.2 Å². The third-order valence-electron chi connectivity index (χ3n) is 20.7. The molecule has 27 heteroatoms. The van der Waals surface area contributed by atoms with Crippen LogP contribution in [0.25, 0.3) is 33.4 Å². The highest BCUT2D eigenvalue weighted by Crippen LogP contribution is 2.54. The standard InChI is InChI=1S/C29H27FNO7PS.2C29H26FNO5S/c30-22-11-6-20(7-12-22)26(32)16-17-28-29(31(40(28,37)38)23-4-2-1-3-5-23)25-15-10-21(18-27(25)33)19-8-13-24(14-9-19)39(34,35)36;2*30-22-12-9-19(10-13-22)26(33)15-16-28-29(31(37(28,35)36)23-6-2-1-3-7-23)25-14-11-21(18-27(25)34)20-5-4-8-24(32)17-20/h1-15,18,26,28-29,32-33H,16-17H2,(H2,34,35,36);2*1-14,17-18,26,28-29,32-34H,15-16H2/t;26-,28-,29+;/m.0./s1. The number of aliphatic hydroxyl groups is 3. The summed E-state index contributed by atoms with van der Waals surface area (Å²) in [7, 11) is -15.7. The lowest BCUT2D eigenvalue weighted by atomic mass is 9.93. The fourth-order valence-electron chi connectivity index (χ4n) is 14.9. The van der Waals surface area contributed by atoms with Crippen LogP contribution >= 0.6 is 7.60 Å². The van der Waals surface area contributed by atoms with Gasteiger partial charge in [0, 0.05) is 16.7 Å². The van der Waals surface area contributed by atoms with E-state index in [1.165, 1.54) is 116 Å². The number of aliphatic hydroxyl groups excluding tert-OH is 3. The maximum Gasteiger partial charge on any atom is 0.356 e. The highest BCUT2D eigenvalue weighted by Gasteiger charge is 2.57. The minimum absolute atomic E-state index is 0.0641. The van der Waals surface area contributed by atoms with Gasteiger partial charge in [0.1, 0.15) is 61.9 Å². The topological polar surface area (TPSA) is 332 Å². The second kappa shape index (κ2) is 33.8. The van der Waals surface area contributed by atoms with Gasteiger partial charge in [0.2, 0.25) is 30.1 Å². The molecule has 0 aromatic heterocycles. The molecule has 3 saturated heterocycles. The van der Waals surface area contributed by atoms with Crippen LogP contribution in [0.1, 0.15) is 108 Å². The molecule has 9 atom stereocenters. The number of sulfonamides is 3. The Hall–Kier alpha value is -11.3. The number of rotatable bonds is 22. The van der Waals surface area contributed by atoms with Crippen molar-refractivity contribution in [3.8, 4) is 62.1 Å². The molecule has 6 unspecified atom stereocenters. The van der Waals surface area contributed by atoms with E-state index >= 15 is 0 Å². The molecule has 0 bridgehead atoms. The van der Waals surface area contributed by atoms with E-state index in [1.54, 1.807) is 188 Å². The molecular formula is C87H79F3N3O17PS3. The van der Waals surface area contributed by atoms with Gasteiger partial charge in [-0.15, -0.1) is 0 Å². The molecule has 15 rings (SSSR count). The molecule has 0 amide bonds. The zero-order valence-electron chi connectivity index (χ0n) is 60.6. The molecule has 0 radical (unpaired) electrons. The predicted octanol–water partition coefficient (Wildman–Crippen LogP) is 16.1. The van der Waals surface area contributed by atoms with Crippen LogP contribution in [0.15, 0.2) is 291 Å². The molecule has 0 saturated carbocycles. The maximum absolute atomic E-state index is 13.5. The molecule has 12 aromatic carbocycles. The summed E-state index contributed by atoms with van der Waals surface area (Å²) in [6.45, 7) is 0. The van der Waals surface area contributed by atoms with Crippen LogP contribution in [-0.4, -0.2) is 91.6 Å². The molecule has 3 heterocycles. The zero-order chi connectivity index (χ0) is 81.0. The van der Waals surface area contributed by atoms with Crippen molar-refractivity contribution in [1.82, 2.24) is 0 Å². The van der Waals surface area contributed by atoms with Gasteiger partial charge in [0.05, 0.1) is 58.8 Å². The van der Waals surface area contributed by atoms with E-state index in [4.69, 9.17) is 0 Å². The predicted molar refractivity (Wildman–Crippen MR) is 431 cm³/mol. The second-order valence-corrected chi connectivity index (χ2v) is 35.6. The van der Waals surface area contributed by atoms with Crippen molar-refractivity contribution in [3.63, 3.8) is 0 Å². The smallest absolute Gasteiger partial charge is 0.356 e. The molecule has 0 aliphatic carbocycles. The fourth-order valence-corrected chi connectivity index (χ4v) is 21.8. The highest BCUT2D eigenvalue weighted by molar-refractivity contribution is 7.95. The largest absolute Gasteiger partial charge is 0.508 e. The van der Waals surface area contributed by atoms with Gasteiger partial charge in [-0.05, 0) is 216 Å². The minimum Gasteiger partial charge on any atom is -0.508 e. The Labute approximate surface area is 657 Å². The van der Waals surface area contributed by atoms with Crippen molar-refractivity contribution >= 4 is 60.0 Å². The van der Waals surface area contributed by atoms with Gasteiger partial charge in [-0.3, -0.25) is 17.5 Å². The lowest BCUT2D eigenvalue weighted by molar-refractivity contribution is 0.161. The third-order valence-corrected chi connectivity index (χ3v) is 28.4. The van der Waals surface area contributed by atoms with Gasteiger partial charge in [-0.25, -0.2) is 38.4 Å². The lowest BCUT2D eigenvalue weighted by Crippen LogP contribution is -2.58. The van der Waals surface area contributed by atoms with E-state index in [0.717, 1.165) is 0 Å². The van der Waals surface area contributed by atoms with Crippen LogP contribution in [0, 0.1) is 17.5 Å². The molecule has 20 nitrogen and oxygen atoms in total. The van der Waals surface area contributed by atoms with Crippen molar-refractivity contribution in [3.05, 3.63) is 342 Å². The van der Waals surface area contributed by atoms with E-state index < -0.39 is 107 Å². The van der Waals surface area contributed by atoms with Crippen LogP contribution in [-0.2, 0) is 34.6 Å². The van der Waals surface area contributed by atoms with Crippen molar-refractivity contribution in [2.45, 2.75) is 90.7 Å². The summed E-state index contributed by atoms with van der Waals surface area (Å²) in [6, 6.07) is 74.1. The number of benzene rings is 12. The Morgan fingerprint density at radius 1 is 0.316 bits per heavy atom. The summed E-state index contributed by atoms with van der Waals surface area (Å²) in [4.78, 5) is 18.7. The summed E-state index contributed by atoms with van der Waals surface area (Å²) in [5.41, 5.74) is 8.15. The van der Waals surface area contributed by atoms with Gasteiger partial charge in [0.15, 0.2) is 0 Å². The molecule has 0 spiro atoms. The Balaban J connectivity index is 0.000000149. The third kappa shape index (κ3) is 17.3. The number of nitrogens with zero attached hydrogens (tertiary/aromatic N) is 3. The summed E-state index contributed by atoms with van der Waals surface area (Å²) in [5.74, 6) is -1.34. The van der Waals surface area contributed by atoms with E-state index in [9.17, 15) is 93.6 Å². The lowest BCUT2D eigenvalue weighted by Gasteiger charge is -2.48. The van der Waals surface area contributed by atoms with Crippen molar-refractivity contribution in [2.75, 3.05) is 12.9 Å². The number of halogens is 3. The second-order valence-electron chi connectivity index (χ2n) is 27.9. The normalized spacial score (nSPS) is 19.2. The maximum atomic E-state index is 13.5. The quantitative estimate of drug-likeness (QED) is 0.0282. The van der Waals surface area contributed by atoms with E-state index in [0.29, 0.717) is 83.8 Å². The molecular weight excluding hydrogens is 1540 g/mol. The van der Waals surface area contributed by atoms with E-state index in [-0.39, 0.29) is 72.6 Å². The van der Waals surface area contributed by atoms with Crippen molar-refractivity contribution in [2.24, 2.45) is 0 Å². The van der Waals surface area contributed by atoms with Gasteiger partial charge < -0.3 is 50.6 Å². The van der Waals surface area contributed by atoms with Gasteiger partial charge in [-0.1, -0.05) is 164 Å². The van der Waals surface area contributed by atoms with Gasteiger partial charge in [0.25, 0.3) is 0 Å². The summed E-state index contributed by atoms with van der Waals surface area (Å²) < 4.78 is 136. The first kappa shape index (κ1) is 80.7. The molecule has 3 aliphatic rings. The molecule has 3 fully saturated rings. The summed E-state index contributed by atoms with van der Waals surface area (Å²) in [6.07, 6.45) is -2.11. The first-order valence-corrected chi connectivity index (χ1v) is 42.4. The van der Waals surface area contributed by atoms with Crippen LogP contribution in [0.2, 0.25) is 0 Å². The Morgan fingerprint density at radius 2 is 0.579 bits per heavy atom. The number of anilines is 3. The Kier molecular flexibility index (Phi) is 23.9. The van der Waals surface area contributed by atoms with Crippen molar-refractivity contribution < 1.29 is 93.6 Å². The van der Waals surface area contributed by atoms with Crippen LogP contribution in [0.5, 0.6) is 28.7 Å². The Morgan fingerprint density at radius 3 is 0.842 bits per heavy atom. The van der Waals surface area contributed by atoms with Gasteiger partial charge >= 0.3 is 7.60 Å². The van der Waals surface area contributed by atoms with E-state index in [2.05, 4.69) is 0 Å². The summed E-state index contributed by atoms with van der Waals surface area (Å²) in [5, 5.41) is 81.8. The molecule has 10 N–H and O–H groups in total. The number of hydrogen-bond acceptors (Lipinski definition) is 15. The first-order chi connectivity index (χ1) is 54.5. The number of phenols is 5. The average Bonchev–Trinajstić information content (AvgIpc) is 0.721. The van der Waals surface area contributed by atoms with Crippen LogP contribution in [0.3, 0.4) is 0 Å². The Bertz CT molecular complexity index is 5580. The van der Waals surface area contributed by atoms with Gasteiger partial charge in [-0.2, -0.15) is 0 Å². The SMILES string of the molecule is O=P(O)(O)c1ccc(-c2ccc(C3C(CCC(O)c4ccc(F)cc4)S(=O)(=O)N3c3ccccc3)c(O)c2)cc1.O=S1(=O)C(CCC(O)c2ccc(F)cc2)C(c2ccc(-c3cccc(O)c3)cc2O)N1c1ccccc1.O=S1(=O)[C@@H](CC[C@H](O)c2ccc(F)cc2)[C@@H](c2ccc(-c3cccc(O)c3)cc2O)N1c1ccccc1. The monoisotopic (exact) mass is 1620 g/mol. The van der Waals surface area contributed by atoms with Crippen molar-refractivity contribution in [1.29, 1.82) is 0 Å². The zero-order valence-corrected chi connectivity index (χ0v) is 64.0. The number of aromatic hydroxyl groups is 5. The molecule has 114 heavy (non-hydrogen) atoms. The number of para-hydroxylation sites is 3. The average molecular weight is 1620 g/mol.